The topological polar surface area (TPSA) is 0 Å². The second kappa shape index (κ2) is 4.13. The second-order valence-electron chi connectivity index (χ2n) is 5.97. The summed E-state index contributed by atoms with van der Waals surface area (Å²) in [7, 11) is 0.0981. The molecule has 0 unspecified atom stereocenters. The Labute approximate surface area is 108 Å². The molecule has 1 aliphatic carbocycles. The maximum absolute atomic E-state index is 2.49. The summed E-state index contributed by atoms with van der Waals surface area (Å²) in [5.74, 6) is 0. The first-order valence-electron chi connectivity index (χ1n) is 6.72. The molecular weight excluding hydrogens is 220 g/mol. The van der Waals surface area contributed by atoms with Gasteiger partial charge in [-0.3, -0.25) is 0 Å². The summed E-state index contributed by atoms with van der Waals surface area (Å²) in [5.41, 5.74) is 9.41. The molecule has 0 saturated carbocycles. The van der Waals surface area contributed by atoms with Crippen LogP contribution in [-0.2, 0) is 5.41 Å². The van der Waals surface area contributed by atoms with Crippen molar-refractivity contribution in [3.8, 4) is 0 Å². The molecule has 2 rings (SSSR count). The third-order valence-corrected chi connectivity index (χ3v) is 5.40. The van der Waals surface area contributed by atoms with Crippen LogP contribution in [0, 0.1) is 20.8 Å². The molecule has 0 saturated heterocycles. The number of benzene rings is 1. The SMILES string of the molecule is C[SiH2]CC1=Cc2c(C)c(C)cc(C)c2C1(C)C. The van der Waals surface area contributed by atoms with Crippen LogP contribution in [0.25, 0.3) is 6.08 Å². The summed E-state index contributed by atoms with van der Waals surface area (Å²) in [6.07, 6.45) is 2.49. The Kier molecular flexibility index (Phi) is 3.07. The zero-order chi connectivity index (χ0) is 12.8. The summed E-state index contributed by atoms with van der Waals surface area (Å²) in [6, 6.07) is 3.72. The summed E-state index contributed by atoms with van der Waals surface area (Å²) < 4.78 is 0. The van der Waals surface area contributed by atoms with Crippen LogP contribution < -0.4 is 0 Å². The van der Waals surface area contributed by atoms with E-state index < -0.39 is 0 Å². The highest BCUT2D eigenvalue weighted by atomic mass is 28.2. The molecule has 1 aromatic carbocycles. The second-order valence-corrected chi connectivity index (χ2v) is 7.47. The van der Waals surface area contributed by atoms with E-state index in [0.29, 0.717) is 0 Å². The number of hydrogen-bond donors (Lipinski definition) is 0. The Hall–Kier alpha value is -0.823. The molecule has 0 heterocycles. The van der Waals surface area contributed by atoms with Crippen molar-refractivity contribution < 1.29 is 0 Å². The van der Waals surface area contributed by atoms with Gasteiger partial charge in [0.1, 0.15) is 0 Å². The van der Waals surface area contributed by atoms with Crippen LogP contribution in [0.4, 0.5) is 0 Å². The van der Waals surface area contributed by atoms with E-state index in [4.69, 9.17) is 0 Å². The van der Waals surface area contributed by atoms with Crippen molar-refractivity contribution in [1.29, 1.82) is 0 Å². The van der Waals surface area contributed by atoms with Gasteiger partial charge in [-0.05, 0) is 54.6 Å². The third kappa shape index (κ3) is 1.81. The van der Waals surface area contributed by atoms with Crippen molar-refractivity contribution in [2.24, 2.45) is 0 Å². The lowest BCUT2D eigenvalue weighted by atomic mass is 9.78. The van der Waals surface area contributed by atoms with Crippen molar-refractivity contribution in [1.82, 2.24) is 0 Å². The minimum Gasteiger partial charge on any atom is -0.0746 e. The van der Waals surface area contributed by atoms with Gasteiger partial charge in [-0.25, -0.2) is 0 Å². The van der Waals surface area contributed by atoms with Gasteiger partial charge in [0.05, 0.1) is 0 Å². The Morgan fingerprint density at radius 3 is 2.35 bits per heavy atom. The molecule has 0 N–H and O–H groups in total. The lowest BCUT2D eigenvalue weighted by molar-refractivity contribution is 0.634. The Morgan fingerprint density at radius 1 is 1.12 bits per heavy atom. The lowest BCUT2D eigenvalue weighted by Crippen LogP contribution is -2.19. The molecule has 0 amide bonds. The van der Waals surface area contributed by atoms with E-state index in [1.54, 1.807) is 11.1 Å². The van der Waals surface area contributed by atoms with Gasteiger partial charge in [-0.15, -0.1) is 0 Å². The average Bonchev–Trinajstić information content (AvgIpc) is 2.49. The molecule has 1 heteroatoms. The zero-order valence-corrected chi connectivity index (χ0v) is 13.5. The van der Waals surface area contributed by atoms with Crippen LogP contribution in [0.15, 0.2) is 11.6 Å². The van der Waals surface area contributed by atoms with Crippen LogP contribution in [0.3, 0.4) is 0 Å². The minimum absolute atomic E-state index is 0.0981. The predicted molar refractivity (Wildman–Crippen MR) is 80.9 cm³/mol. The molecule has 0 atom stereocenters. The van der Waals surface area contributed by atoms with Gasteiger partial charge in [-0.2, -0.15) is 0 Å². The van der Waals surface area contributed by atoms with Crippen molar-refractivity contribution >= 4 is 15.6 Å². The maximum atomic E-state index is 2.49. The number of aryl methyl sites for hydroxylation is 2. The van der Waals surface area contributed by atoms with Crippen molar-refractivity contribution in [3.63, 3.8) is 0 Å². The first-order valence-corrected chi connectivity index (χ1v) is 9.13. The molecule has 0 spiro atoms. The summed E-state index contributed by atoms with van der Waals surface area (Å²) in [4.78, 5) is 0. The molecule has 1 aromatic rings. The van der Waals surface area contributed by atoms with Gasteiger partial charge >= 0.3 is 0 Å². The van der Waals surface area contributed by atoms with E-state index in [2.05, 4.69) is 53.3 Å². The van der Waals surface area contributed by atoms with Gasteiger partial charge < -0.3 is 0 Å². The maximum Gasteiger partial charge on any atom is 0.0213 e. The molecule has 17 heavy (non-hydrogen) atoms. The fraction of sp³-hybridized carbons (Fsp3) is 0.500. The Bertz CT molecular complexity index is 493. The largest absolute Gasteiger partial charge is 0.0746 e. The number of hydrogen-bond acceptors (Lipinski definition) is 0. The molecule has 1 aliphatic rings. The number of allylic oxidation sites excluding steroid dienone is 1. The fourth-order valence-electron chi connectivity index (χ4n) is 3.30. The van der Waals surface area contributed by atoms with Crippen molar-refractivity contribution in [2.45, 2.75) is 52.6 Å². The summed E-state index contributed by atoms with van der Waals surface area (Å²) in [5, 5.41) is 0. The molecule has 0 aliphatic heterocycles. The van der Waals surface area contributed by atoms with Gasteiger partial charge in [0.15, 0.2) is 0 Å². The summed E-state index contributed by atoms with van der Waals surface area (Å²) in [6.45, 7) is 14.0. The average molecular weight is 244 g/mol. The van der Waals surface area contributed by atoms with E-state index in [1.165, 1.54) is 28.3 Å². The standard InChI is InChI=1S/C16H24Si/c1-10-7-11(2)15-14(12(10)3)8-13(9-17-6)16(15,4)5/h7-8H,9,17H2,1-6H3. The molecule has 0 aromatic heterocycles. The van der Waals surface area contributed by atoms with Crippen molar-refractivity contribution in [2.75, 3.05) is 0 Å². The highest BCUT2D eigenvalue weighted by Gasteiger charge is 2.34. The van der Waals surface area contributed by atoms with E-state index in [1.807, 2.05) is 0 Å². The predicted octanol–water partition coefficient (Wildman–Crippen LogP) is 3.92. The lowest BCUT2D eigenvalue weighted by Gasteiger charge is -2.27. The Morgan fingerprint density at radius 2 is 1.76 bits per heavy atom. The number of fused-ring (bicyclic) bond motifs is 1. The molecule has 92 valence electrons. The van der Waals surface area contributed by atoms with E-state index in [-0.39, 0.29) is 14.9 Å². The van der Waals surface area contributed by atoms with Crippen molar-refractivity contribution in [3.05, 3.63) is 39.5 Å². The number of rotatable bonds is 2. The molecule has 0 fully saturated rings. The Balaban J connectivity index is 2.67. The minimum atomic E-state index is 0.0981. The molecule has 0 nitrogen and oxygen atoms in total. The zero-order valence-electron chi connectivity index (χ0n) is 12.1. The van der Waals surface area contributed by atoms with E-state index in [0.717, 1.165) is 0 Å². The van der Waals surface area contributed by atoms with Crippen LogP contribution in [0.1, 0.15) is 41.7 Å². The van der Waals surface area contributed by atoms with Gasteiger partial charge in [0, 0.05) is 14.9 Å². The molecule has 0 radical (unpaired) electrons. The van der Waals surface area contributed by atoms with E-state index in [9.17, 15) is 0 Å². The van der Waals surface area contributed by atoms with Crippen LogP contribution >= 0.6 is 0 Å². The highest BCUT2D eigenvalue weighted by molar-refractivity contribution is 6.34. The first kappa shape index (κ1) is 12.6. The summed E-state index contributed by atoms with van der Waals surface area (Å²) >= 11 is 0. The quantitative estimate of drug-likeness (QED) is 0.692. The fourth-order valence-corrected chi connectivity index (χ4v) is 4.60. The smallest absolute Gasteiger partial charge is 0.0213 e. The van der Waals surface area contributed by atoms with E-state index >= 15 is 0 Å². The van der Waals surface area contributed by atoms with Gasteiger partial charge in [0.2, 0.25) is 0 Å². The van der Waals surface area contributed by atoms with Crippen LogP contribution in [0.5, 0.6) is 0 Å². The van der Waals surface area contributed by atoms with Gasteiger partial charge in [-0.1, -0.05) is 38.1 Å². The third-order valence-electron chi connectivity index (χ3n) is 4.36. The highest BCUT2D eigenvalue weighted by Crippen LogP contribution is 2.46. The normalized spacial score (nSPS) is 17.6. The molecular formula is C16H24Si. The van der Waals surface area contributed by atoms with Crippen LogP contribution in [0.2, 0.25) is 12.6 Å². The monoisotopic (exact) mass is 244 g/mol. The van der Waals surface area contributed by atoms with Gasteiger partial charge in [0.25, 0.3) is 0 Å². The molecule has 0 bridgehead atoms. The first-order chi connectivity index (χ1) is 7.89. The van der Waals surface area contributed by atoms with Crippen LogP contribution in [-0.4, -0.2) is 9.52 Å².